The van der Waals surface area contributed by atoms with E-state index in [2.05, 4.69) is 21.0 Å². The lowest BCUT2D eigenvalue weighted by Crippen LogP contribution is -2.03. The summed E-state index contributed by atoms with van der Waals surface area (Å²) in [7, 11) is 0. The minimum atomic E-state index is -0.0636. The van der Waals surface area contributed by atoms with Gasteiger partial charge in [0.25, 0.3) is 0 Å². The molecule has 1 heterocycles. The summed E-state index contributed by atoms with van der Waals surface area (Å²) in [6.07, 6.45) is 0. The van der Waals surface area contributed by atoms with E-state index in [-0.39, 0.29) is 6.61 Å². The van der Waals surface area contributed by atoms with E-state index < -0.39 is 0 Å². The topological polar surface area (TPSA) is 38.0 Å². The van der Waals surface area contributed by atoms with Crippen molar-refractivity contribution < 1.29 is 5.11 Å². The predicted molar refractivity (Wildman–Crippen MR) is 71.7 cm³/mol. The van der Waals surface area contributed by atoms with Crippen LogP contribution in [0, 0.1) is 13.8 Å². The van der Waals surface area contributed by atoms with Crippen LogP contribution in [0.3, 0.4) is 0 Å². The molecule has 0 fully saturated rings. The molecule has 0 aliphatic rings. The summed E-state index contributed by atoms with van der Waals surface area (Å²) >= 11 is 9.40. The number of halogens is 2. The van der Waals surface area contributed by atoms with Crippen molar-refractivity contribution >= 4 is 27.5 Å². The molecule has 0 saturated carbocycles. The quantitative estimate of drug-likeness (QED) is 0.922. The molecule has 90 valence electrons. The van der Waals surface area contributed by atoms with E-state index in [0.29, 0.717) is 5.02 Å². The standard InChI is InChI=1S/C12H12BrClN2O/c1-7-12(13)8(2)16(15-7)11-4-3-10(14)5-9(11)6-17/h3-5,17H,6H2,1-2H3. The van der Waals surface area contributed by atoms with Crippen LogP contribution in [0.25, 0.3) is 5.69 Å². The molecule has 0 amide bonds. The molecule has 0 aliphatic heterocycles. The number of aromatic nitrogens is 2. The number of benzene rings is 1. The van der Waals surface area contributed by atoms with Crippen LogP contribution in [-0.2, 0) is 6.61 Å². The molecule has 0 spiro atoms. The highest BCUT2D eigenvalue weighted by Crippen LogP contribution is 2.26. The van der Waals surface area contributed by atoms with E-state index in [1.165, 1.54) is 0 Å². The lowest BCUT2D eigenvalue weighted by atomic mass is 10.2. The number of rotatable bonds is 2. The zero-order valence-corrected chi connectivity index (χ0v) is 11.9. The van der Waals surface area contributed by atoms with Crippen LogP contribution in [0.5, 0.6) is 0 Å². The first-order chi connectivity index (χ1) is 8.04. The van der Waals surface area contributed by atoms with Crippen molar-refractivity contribution in [1.82, 2.24) is 9.78 Å². The molecule has 1 aromatic carbocycles. The fourth-order valence-electron chi connectivity index (χ4n) is 1.75. The van der Waals surface area contributed by atoms with E-state index >= 15 is 0 Å². The Kier molecular flexibility index (Phi) is 3.56. The third kappa shape index (κ3) is 2.25. The molecule has 0 bridgehead atoms. The summed E-state index contributed by atoms with van der Waals surface area (Å²) in [6.45, 7) is 3.84. The summed E-state index contributed by atoms with van der Waals surface area (Å²) < 4.78 is 2.79. The van der Waals surface area contributed by atoms with Crippen molar-refractivity contribution in [3.63, 3.8) is 0 Å². The summed E-state index contributed by atoms with van der Waals surface area (Å²) in [5.74, 6) is 0. The third-order valence-electron chi connectivity index (χ3n) is 2.64. The monoisotopic (exact) mass is 314 g/mol. The van der Waals surface area contributed by atoms with Gasteiger partial charge in [-0.1, -0.05) is 11.6 Å². The molecular formula is C12H12BrClN2O. The van der Waals surface area contributed by atoms with Gasteiger partial charge in [-0.05, 0) is 48.0 Å². The Morgan fingerprint density at radius 3 is 2.65 bits per heavy atom. The van der Waals surface area contributed by atoms with E-state index in [1.54, 1.807) is 16.8 Å². The van der Waals surface area contributed by atoms with Gasteiger partial charge in [-0.15, -0.1) is 0 Å². The van der Waals surface area contributed by atoms with Crippen LogP contribution >= 0.6 is 27.5 Å². The van der Waals surface area contributed by atoms with Crippen molar-refractivity contribution in [2.45, 2.75) is 20.5 Å². The van der Waals surface area contributed by atoms with Crippen LogP contribution in [-0.4, -0.2) is 14.9 Å². The average Bonchev–Trinajstić information content (AvgIpc) is 2.57. The molecule has 0 aliphatic carbocycles. The van der Waals surface area contributed by atoms with E-state index in [9.17, 15) is 5.11 Å². The Labute approximate surface area is 113 Å². The second-order valence-corrected chi connectivity index (χ2v) is 5.06. The molecule has 1 aromatic heterocycles. The number of aliphatic hydroxyl groups is 1. The Hall–Kier alpha value is -0.840. The van der Waals surface area contributed by atoms with E-state index in [0.717, 1.165) is 27.1 Å². The maximum Gasteiger partial charge on any atom is 0.0743 e. The van der Waals surface area contributed by atoms with Gasteiger partial charge in [-0.3, -0.25) is 0 Å². The van der Waals surface area contributed by atoms with Crippen molar-refractivity contribution in [3.8, 4) is 5.69 Å². The fourth-order valence-corrected chi connectivity index (χ4v) is 2.19. The van der Waals surface area contributed by atoms with Gasteiger partial charge in [0.2, 0.25) is 0 Å². The minimum absolute atomic E-state index is 0.0636. The molecule has 0 unspecified atom stereocenters. The van der Waals surface area contributed by atoms with Crippen molar-refractivity contribution in [1.29, 1.82) is 0 Å². The van der Waals surface area contributed by atoms with Gasteiger partial charge < -0.3 is 5.11 Å². The minimum Gasteiger partial charge on any atom is -0.392 e. The van der Waals surface area contributed by atoms with E-state index in [4.69, 9.17) is 11.6 Å². The summed E-state index contributed by atoms with van der Waals surface area (Å²) in [6, 6.07) is 5.40. The smallest absolute Gasteiger partial charge is 0.0743 e. The van der Waals surface area contributed by atoms with Crippen molar-refractivity contribution in [3.05, 3.63) is 44.6 Å². The molecule has 1 N–H and O–H groups in total. The number of aryl methyl sites for hydroxylation is 1. The molecule has 0 atom stereocenters. The maximum absolute atomic E-state index is 9.36. The Balaban J connectivity index is 2.64. The average molecular weight is 316 g/mol. The lowest BCUT2D eigenvalue weighted by molar-refractivity contribution is 0.281. The third-order valence-corrected chi connectivity index (χ3v) is 4.03. The number of hydrogen-bond acceptors (Lipinski definition) is 2. The van der Waals surface area contributed by atoms with Crippen LogP contribution in [0.15, 0.2) is 22.7 Å². The highest BCUT2D eigenvalue weighted by atomic mass is 79.9. The van der Waals surface area contributed by atoms with Gasteiger partial charge in [-0.25, -0.2) is 4.68 Å². The SMILES string of the molecule is Cc1nn(-c2ccc(Cl)cc2CO)c(C)c1Br. The van der Waals surface area contributed by atoms with Gasteiger partial charge in [0.15, 0.2) is 0 Å². The molecule has 3 nitrogen and oxygen atoms in total. The second kappa shape index (κ2) is 4.80. The number of nitrogens with zero attached hydrogens (tertiary/aromatic N) is 2. The summed E-state index contributed by atoms with van der Waals surface area (Å²) in [4.78, 5) is 0. The Bertz CT molecular complexity index is 566. The van der Waals surface area contributed by atoms with Gasteiger partial charge in [-0.2, -0.15) is 5.10 Å². The van der Waals surface area contributed by atoms with Crippen LogP contribution < -0.4 is 0 Å². The van der Waals surface area contributed by atoms with Crippen molar-refractivity contribution in [2.75, 3.05) is 0 Å². The molecule has 2 aromatic rings. The molecule has 0 radical (unpaired) electrons. The molecular weight excluding hydrogens is 304 g/mol. The zero-order valence-electron chi connectivity index (χ0n) is 9.54. The van der Waals surface area contributed by atoms with Crippen LogP contribution in [0.2, 0.25) is 5.02 Å². The molecule has 17 heavy (non-hydrogen) atoms. The fraction of sp³-hybridized carbons (Fsp3) is 0.250. The Morgan fingerprint density at radius 1 is 1.41 bits per heavy atom. The molecule has 5 heteroatoms. The first-order valence-electron chi connectivity index (χ1n) is 5.16. The lowest BCUT2D eigenvalue weighted by Gasteiger charge is -2.09. The summed E-state index contributed by atoms with van der Waals surface area (Å²) in [5.41, 5.74) is 3.53. The van der Waals surface area contributed by atoms with E-state index in [1.807, 2.05) is 19.9 Å². The molecule has 2 rings (SSSR count). The van der Waals surface area contributed by atoms with Gasteiger partial charge in [0, 0.05) is 10.6 Å². The maximum atomic E-state index is 9.36. The van der Waals surface area contributed by atoms with Crippen LogP contribution in [0.4, 0.5) is 0 Å². The number of hydrogen-bond donors (Lipinski definition) is 1. The first-order valence-corrected chi connectivity index (χ1v) is 6.33. The largest absolute Gasteiger partial charge is 0.392 e. The summed E-state index contributed by atoms with van der Waals surface area (Å²) in [5, 5.41) is 14.4. The van der Waals surface area contributed by atoms with Crippen molar-refractivity contribution in [2.24, 2.45) is 0 Å². The Morgan fingerprint density at radius 2 is 2.12 bits per heavy atom. The van der Waals surface area contributed by atoms with Gasteiger partial charge >= 0.3 is 0 Å². The van der Waals surface area contributed by atoms with Crippen LogP contribution in [0.1, 0.15) is 17.0 Å². The predicted octanol–water partition coefficient (Wildman–Crippen LogP) is 3.40. The second-order valence-electron chi connectivity index (χ2n) is 3.83. The highest BCUT2D eigenvalue weighted by molar-refractivity contribution is 9.10. The highest BCUT2D eigenvalue weighted by Gasteiger charge is 2.13. The normalized spacial score (nSPS) is 10.9. The number of aliphatic hydroxyl groups excluding tert-OH is 1. The zero-order chi connectivity index (χ0) is 12.6. The molecule has 0 saturated heterocycles. The van der Waals surface area contributed by atoms with Gasteiger partial charge in [0.05, 0.1) is 28.2 Å². The first kappa shape index (κ1) is 12.6. The van der Waals surface area contributed by atoms with Gasteiger partial charge in [0.1, 0.15) is 0 Å².